The van der Waals surface area contributed by atoms with Crippen molar-refractivity contribution in [3.8, 4) is 0 Å². The van der Waals surface area contributed by atoms with Crippen molar-refractivity contribution in [2.45, 2.75) is 20.3 Å². The van der Waals surface area contributed by atoms with Gasteiger partial charge in [0.15, 0.2) is 11.6 Å². The highest BCUT2D eigenvalue weighted by molar-refractivity contribution is 9.08. The van der Waals surface area contributed by atoms with Crippen molar-refractivity contribution < 1.29 is 14.9 Å². The number of carbonyl (C=O) groups excluding carboxylic acids is 2. The quantitative estimate of drug-likeness (QED) is 0.269. The van der Waals surface area contributed by atoms with E-state index < -0.39 is 0 Å². The summed E-state index contributed by atoms with van der Waals surface area (Å²) in [7, 11) is 0. The molecule has 0 spiro atoms. The van der Waals surface area contributed by atoms with E-state index in [1.165, 1.54) is 0 Å². The van der Waals surface area contributed by atoms with E-state index in [0.29, 0.717) is 11.1 Å². The third-order valence-corrected chi connectivity index (χ3v) is 2.62. The molecule has 0 aliphatic heterocycles. The molecule has 0 unspecified atom stereocenters. The molecule has 0 aliphatic rings. The molecule has 114 valence electrons. The van der Waals surface area contributed by atoms with E-state index in [-0.39, 0.29) is 18.0 Å². The number of allylic oxidation sites excluding steroid dienone is 3. The van der Waals surface area contributed by atoms with Crippen LogP contribution in [0.1, 0.15) is 30.6 Å². The van der Waals surface area contributed by atoms with Crippen LogP contribution in [0, 0.1) is 0 Å². The molecule has 0 atom stereocenters. The largest absolute Gasteiger partial charge is 0.320 e. The molecule has 4 heteroatoms. The van der Waals surface area contributed by atoms with Gasteiger partial charge in [0, 0.05) is 5.56 Å². The Labute approximate surface area is 135 Å². The van der Waals surface area contributed by atoms with Crippen molar-refractivity contribution in [3.05, 3.63) is 59.8 Å². The summed E-state index contributed by atoms with van der Waals surface area (Å²) in [6, 6.07) is 8.90. The van der Waals surface area contributed by atoms with Gasteiger partial charge < -0.3 is 5.32 Å². The minimum Gasteiger partial charge on any atom is -0.320 e. The molecular formula is C17H23BrNO2+. The van der Waals surface area contributed by atoms with E-state index in [1.807, 2.05) is 31.1 Å². The Morgan fingerprint density at radius 3 is 2.33 bits per heavy atom. The van der Waals surface area contributed by atoms with Crippen LogP contribution >= 0.6 is 15.9 Å². The first-order valence-corrected chi connectivity index (χ1v) is 8.43. The van der Waals surface area contributed by atoms with Crippen molar-refractivity contribution in [1.29, 1.82) is 0 Å². The average Bonchev–Trinajstić information content (AvgIpc) is 2.54. The van der Waals surface area contributed by atoms with Gasteiger partial charge in [0.2, 0.25) is 0 Å². The average molecular weight is 353 g/mol. The summed E-state index contributed by atoms with van der Waals surface area (Å²) < 4.78 is 0. The fourth-order valence-corrected chi connectivity index (χ4v) is 1.64. The zero-order chi connectivity index (χ0) is 16.1. The third kappa shape index (κ3) is 7.73. The summed E-state index contributed by atoms with van der Waals surface area (Å²) in [5.74, 6) is 1.53. The molecule has 0 aromatic heterocycles. The molecule has 0 saturated heterocycles. The number of hydrogen-bond acceptors (Lipinski definition) is 2. The molecule has 21 heavy (non-hydrogen) atoms. The van der Waals surface area contributed by atoms with Crippen molar-refractivity contribution in [3.63, 3.8) is 0 Å². The predicted molar refractivity (Wildman–Crippen MR) is 90.6 cm³/mol. The van der Waals surface area contributed by atoms with Crippen LogP contribution in [0.3, 0.4) is 0 Å². The Balaban J connectivity index is 0.00000191. The summed E-state index contributed by atoms with van der Waals surface area (Å²) in [4.78, 5) is 24.0. The van der Waals surface area contributed by atoms with Gasteiger partial charge in [-0.1, -0.05) is 58.4 Å². The first-order valence-electron chi connectivity index (χ1n) is 6.84. The van der Waals surface area contributed by atoms with E-state index in [2.05, 4.69) is 15.9 Å². The molecule has 0 saturated carbocycles. The molecule has 1 aromatic carbocycles. The van der Waals surface area contributed by atoms with Crippen molar-refractivity contribution in [2.75, 3.05) is 12.4 Å². The van der Waals surface area contributed by atoms with Crippen LogP contribution in [-0.4, -0.2) is 23.9 Å². The Bertz CT molecular complexity index is 493. The summed E-state index contributed by atoms with van der Waals surface area (Å²) in [6.07, 6.45) is 5.24. The highest BCUT2D eigenvalue weighted by Crippen LogP contribution is 2.07. The molecule has 1 aromatic rings. The van der Waals surface area contributed by atoms with Crippen molar-refractivity contribution in [2.24, 2.45) is 0 Å². The predicted octanol–water partition coefficient (Wildman–Crippen LogP) is 2.88. The number of halogens is 1. The van der Waals surface area contributed by atoms with Crippen LogP contribution in [0.4, 0.5) is 0 Å². The van der Waals surface area contributed by atoms with Crippen molar-refractivity contribution in [1.82, 2.24) is 0 Å². The minimum atomic E-state index is -0.142. The maximum Gasteiger partial charge on any atom is 0.175 e. The fraction of sp³-hybridized carbons (Fsp3) is 0.294. The summed E-state index contributed by atoms with van der Waals surface area (Å²) in [5.41, 5.74) is 1.16. The second-order valence-electron chi connectivity index (χ2n) is 4.16. The number of carbonyl (C=O) groups is 2. The van der Waals surface area contributed by atoms with Gasteiger partial charge in [-0.05, 0) is 19.7 Å². The molecule has 0 fully saturated rings. The molecule has 3 nitrogen and oxygen atoms in total. The fourth-order valence-electron chi connectivity index (χ4n) is 1.64. The van der Waals surface area contributed by atoms with Gasteiger partial charge in [-0.3, -0.25) is 9.59 Å². The monoisotopic (exact) mass is 352 g/mol. The normalized spacial score (nSPS) is 11.0. The van der Waals surface area contributed by atoms with Gasteiger partial charge in [-0.15, -0.1) is 0 Å². The van der Waals surface area contributed by atoms with Crippen LogP contribution in [0.25, 0.3) is 0 Å². The van der Waals surface area contributed by atoms with E-state index in [4.69, 9.17) is 0 Å². The number of alkyl halides is 1. The number of benzene rings is 1. The molecule has 0 radical (unpaired) electrons. The summed E-state index contributed by atoms with van der Waals surface area (Å²) in [6.45, 7) is 4.72. The molecule has 0 bridgehead atoms. The first-order chi connectivity index (χ1) is 10.2. The van der Waals surface area contributed by atoms with Gasteiger partial charge in [0.25, 0.3) is 0 Å². The van der Waals surface area contributed by atoms with E-state index >= 15 is 0 Å². The number of nitrogens with two attached hydrogens (primary N) is 1. The minimum absolute atomic E-state index is 0.0856. The lowest BCUT2D eigenvalue weighted by Crippen LogP contribution is -2.77. The summed E-state index contributed by atoms with van der Waals surface area (Å²) in [5, 5.41) is 1.92. The second kappa shape index (κ2) is 12.2. The zero-order valence-electron chi connectivity index (χ0n) is 12.8. The zero-order valence-corrected chi connectivity index (χ0v) is 14.4. The molecule has 2 N–H and O–H groups in total. The first kappa shape index (κ1) is 19.5. The SMILES string of the molecule is C/C=C\C(=C/[NH2+]CC)C(=O)CC(=O)c1ccccc1.CBr. The lowest BCUT2D eigenvalue weighted by molar-refractivity contribution is -0.584. The standard InChI is InChI=1S/C16H19NO2.CH3Br/c1-3-8-14(12-17-4-2)16(19)11-15(18)13-9-6-5-7-10-13;1-2/h3,5-10,12,17H,4,11H2,1-2H3;1H3/p+1/b8-3-,14-12+;. The van der Waals surface area contributed by atoms with Crippen LogP contribution in [0.15, 0.2) is 54.3 Å². The maximum absolute atomic E-state index is 12.1. The molecule has 0 amide bonds. The number of hydrogen-bond donors (Lipinski definition) is 1. The number of Topliss-reactive ketones (excluding diaryl/α,β-unsaturated/α-hetero) is 2. The topological polar surface area (TPSA) is 50.8 Å². The Morgan fingerprint density at radius 2 is 1.81 bits per heavy atom. The number of quaternary nitrogens is 1. The van der Waals surface area contributed by atoms with Crippen LogP contribution in [0.2, 0.25) is 0 Å². The van der Waals surface area contributed by atoms with Crippen LogP contribution in [0.5, 0.6) is 0 Å². The van der Waals surface area contributed by atoms with Crippen LogP contribution < -0.4 is 5.32 Å². The lowest BCUT2D eigenvalue weighted by Gasteiger charge is -2.01. The molecule has 0 heterocycles. The van der Waals surface area contributed by atoms with Gasteiger partial charge in [-0.2, -0.15) is 0 Å². The van der Waals surface area contributed by atoms with E-state index in [9.17, 15) is 9.59 Å². The lowest BCUT2D eigenvalue weighted by atomic mass is 10.0. The Kier molecular flexibility index (Phi) is 11.4. The summed E-state index contributed by atoms with van der Waals surface area (Å²) >= 11 is 2.94. The molecule has 1 rings (SSSR count). The number of ketones is 2. The van der Waals surface area contributed by atoms with E-state index in [0.717, 1.165) is 6.54 Å². The third-order valence-electron chi connectivity index (χ3n) is 2.62. The maximum atomic E-state index is 12.1. The van der Waals surface area contributed by atoms with Gasteiger partial charge in [-0.25, -0.2) is 0 Å². The van der Waals surface area contributed by atoms with E-state index in [1.54, 1.807) is 42.6 Å². The second-order valence-corrected chi connectivity index (χ2v) is 4.16. The molecular weight excluding hydrogens is 330 g/mol. The smallest absolute Gasteiger partial charge is 0.175 e. The van der Waals surface area contributed by atoms with Crippen molar-refractivity contribution >= 4 is 27.5 Å². The highest BCUT2D eigenvalue weighted by atomic mass is 79.9. The van der Waals surface area contributed by atoms with Crippen LogP contribution in [-0.2, 0) is 4.79 Å². The Morgan fingerprint density at radius 1 is 1.19 bits per heavy atom. The van der Waals surface area contributed by atoms with Gasteiger partial charge in [0.05, 0.1) is 18.5 Å². The van der Waals surface area contributed by atoms with Gasteiger partial charge in [0.1, 0.15) is 6.20 Å². The number of rotatable bonds is 7. The molecule has 0 aliphatic carbocycles. The Hall–Kier alpha value is -1.52. The van der Waals surface area contributed by atoms with Gasteiger partial charge >= 0.3 is 0 Å². The highest BCUT2D eigenvalue weighted by Gasteiger charge is 2.14.